The molecule has 0 aliphatic heterocycles. The predicted molar refractivity (Wildman–Crippen MR) is 83.1 cm³/mol. The smallest absolute Gasteiger partial charge is 0.238 e. The summed E-state index contributed by atoms with van der Waals surface area (Å²) in [6.07, 6.45) is 0.907. The second kappa shape index (κ2) is 8.02. The number of methoxy groups -OCH3 is 1. The maximum atomic E-state index is 11.7. The third-order valence-electron chi connectivity index (χ3n) is 3.02. The van der Waals surface area contributed by atoms with E-state index in [2.05, 4.69) is 43.5 Å². The number of carbonyl (C=O) groups excluding carboxylic acids is 1. The first-order chi connectivity index (χ1) is 9.43. The standard InChI is InChI=1S/C16H26N2O2/c1-16(2,3)13-6-8-14(9-7-13)18-15(19)12-17-10-5-11-20-4/h6-9,17H,5,10-12H2,1-4H3,(H,18,19). The van der Waals surface area contributed by atoms with Crippen molar-refractivity contribution < 1.29 is 9.53 Å². The van der Waals surface area contributed by atoms with Crippen LogP contribution in [-0.2, 0) is 14.9 Å². The average molecular weight is 278 g/mol. The number of anilines is 1. The molecule has 0 atom stereocenters. The molecule has 0 aliphatic carbocycles. The van der Waals surface area contributed by atoms with Crippen LogP contribution in [0, 0.1) is 0 Å². The van der Waals surface area contributed by atoms with Gasteiger partial charge in [0.2, 0.25) is 5.91 Å². The molecule has 0 unspecified atom stereocenters. The lowest BCUT2D eigenvalue weighted by atomic mass is 9.87. The molecular weight excluding hydrogens is 252 g/mol. The minimum Gasteiger partial charge on any atom is -0.385 e. The lowest BCUT2D eigenvalue weighted by Crippen LogP contribution is -2.29. The Bertz CT molecular complexity index is 407. The monoisotopic (exact) mass is 278 g/mol. The van der Waals surface area contributed by atoms with E-state index in [1.165, 1.54) is 5.56 Å². The molecule has 0 saturated heterocycles. The zero-order valence-corrected chi connectivity index (χ0v) is 13.0. The number of hydrogen-bond donors (Lipinski definition) is 2. The van der Waals surface area contributed by atoms with E-state index < -0.39 is 0 Å². The van der Waals surface area contributed by atoms with Gasteiger partial charge in [0.25, 0.3) is 0 Å². The van der Waals surface area contributed by atoms with Gasteiger partial charge in [0.05, 0.1) is 6.54 Å². The summed E-state index contributed by atoms with van der Waals surface area (Å²) in [6, 6.07) is 8.01. The average Bonchev–Trinajstić information content (AvgIpc) is 2.38. The summed E-state index contributed by atoms with van der Waals surface area (Å²) in [7, 11) is 1.67. The number of nitrogens with one attached hydrogen (secondary N) is 2. The molecule has 0 aromatic heterocycles. The summed E-state index contributed by atoms with van der Waals surface area (Å²) in [6.45, 7) is 8.33. The lowest BCUT2D eigenvalue weighted by Gasteiger charge is -2.19. The van der Waals surface area contributed by atoms with E-state index in [0.717, 1.165) is 18.7 Å². The third-order valence-corrected chi connectivity index (χ3v) is 3.02. The van der Waals surface area contributed by atoms with Gasteiger partial charge in [-0.25, -0.2) is 0 Å². The van der Waals surface area contributed by atoms with Crippen molar-refractivity contribution in [2.75, 3.05) is 32.1 Å². The highest BCUT2D eigenvalue weighted by Crippen LogP contribution is 2.23. The van der Waals surface area contributed by atoms with E-state index in [1.54, 1.807) is 7.11 Å². The van der Waals surface area contributed by atoms with Crippen LogP contribution in [0.4, 0.5) is 5.69 Å². The Labute approximate surface area is 121 Å². The summed E-state index contributed by atoms with van der Waals surface area (Å²) in [5.41, 5.74) is 2.22. The molecule has 1 rings (SSSR count). The van der Waals surface area contributed by atoms with Gasteiger partial charge in [0, 0.05) is 19.4 Å². The number of hydrogen-bond acceptors (Lipinski definition) is 3. The van der Waals surface area contributed by atoms with Gasteiger partial charge < -0.3 is 15.4 Å². The van der Waals surface area contributed by atoms with E-state index in [-0.39, 0.29) is 11.3 Å². The second-order valence-electron chi connectivity index (χ2n) is 5.90. The fraction of sp³-hybridized carbons (Fsp3) is 0.562. The molecule has 0 heterocycles. The quantitative estimate of drug-likeness (QED) is 0.754. The zero-order valence-electron chi connectivity index (χ0n) is 13.0. The van der Waals surface area contributed by atoms with Crippen molar-refractivity contribution in [2.24, 2.45) is 0 Å². The van der Waals surface area contributed by atoms with Crippen LogP contribution >= 0.6 is 0 Å². The molecule has 0 spiro atoms. The number of carbonyl (C=O) groups is 1. The Morgan fingerprint density at radius 2 is 1.85 bits per heavy atom. The highest BCUT2D eigenvalue weighted by Gasteiger charge is 2.13. The number of ether oxygens (including phenoxy) is 1. The first kappa shape index (κ1) is 16.7. The summed E-state index contributed by atoms with van der Waals surface area (Å²) >= 11 is 0. The SMILES string of the molecule is COCCCNCC(=O)Nc1ccc(C(C)(C)C)cc1. The third kappa shape index (κ3) is 6.17. The number of amides is 1. The van der Waals surface area contributed by atoms with Crippen molar-refractivity contribution in [3.8, 4) is 0 Å². The Morgan fingerprint density at radius 3 is 2.40 bits per heavy atom. The number of rotatable bonds is 7. The van der Waals surface area contributed by atoms with Crippen molar-refractivity contribution in [1.29, 1.82) is 0 Å². The maximum Gasteiger partial charge on any atom is 0.238 e. The van der Waals surface area contributed by atoms with E-state index in [0.29, 0.717) is 13.2 Å². The number of benzene rings is 1. The molecule has 0 aliphatic rings. The van der Waals surface area contributed by atoms with Gasteiger partial charge in [-0.3, -0.25) is 4.79 Å². The Balaban J connectivity index is 2.35. The van der Waals surface area contributed by atoms with Gasteiger partial charge >= 0.3 is 0 Å². The van der Waals surface area contributed by atoms with Crippen LogP contribution in [0.5, 0.6) is 0 Å². The summed E-state index contributed by atoms with van der Waals surface area (Å²) in [4.78, 5) is 11.7. The van der Waals surface area contributed by atoms with E-state index in [1.807, 2.05) is 12.1 Å². The predicted octanol–water partition coefficient (Wildman–Crippen LogP) is 2.55. The Morgan fingerprint density at radius 1 is 1.20 bits per heavy atom. The zero-order chi connectivity index (χ0) is 15.0. The first-order valence-electron chi connectivity index (χ1n) is 7.03. The summed E-state index contributed by atoms with van der Waals surface area (Å²) < 4.78 is 4.94. The van der Waals surface area contributed by atoms with Crippen molar-refractivity contribution in [2.45, 2.75) is 32.6 Å². The van der Waals surface area contributed by atoms with Crippen LogP contribution in [0.1, 0.15) is 32.8 Å². The summed E-state index contributed by atoms with van der Waals surface area (Å²) in [5.74, 6) is -0.0223. The van der Waals surface area contributed by atoms with Gasteiger partial charge in [-0.1, -0.05) is 32.9 Å². The maximum absolute atomic E-state index is 11.7. The topological polar surface area (TPSA) is 50.4 Å². The molecular formula is C16H26N2O2. The van der Waals surface area contributed by atoms with Gasteiger partial charge in [-0.15, -0.1) is 0 Å². The largest absolute Gasteiger partial charge is 0.385 e. The molecule has 20 heavy (non-hydrogen) atoms. The molecule has 2 N–H and O–H groups in total. The van der Waals surface area contributed by atoms with Crippen LogP contribution in [0.3, 0.4) is 0 Å². The van der Waals surface area contributed by atoms with E-state index in [9.17, 15) is 4.79 Å². The van der Waals surface area contributed by atoms with Crippen LogP contribution in [0.15, 0.2) is 24.3 Å². The molecule has 1 aromatic rings. The lowest BCUT2D eigenvalue weighted by molar-refractivity contribution is -0.115. The van der Waals surface area contributed by atoms with Crippen LogP contribution in [-0.4, -0.2) is 32.7 Å². The molecule has 0 bridgehead atoms. The fourth-order valence-electron chi connectivity index (χ4n) is 1.80. The van der Waals surface area contributed by atoms with E-state index >= 15 is 0 Å². The summed E-state index contributed by atoms with van der Waals surface area (Å²) in [5, 5.41) is 5.96. The van der Waals surface area contributed by atoms with Crippen molar-refractivity contribution in [3.05, 3.63) is 29.8 Å². The van der Waals surface area contributed by atoms with Gasteiger partial charge in [0.1, 0.15) is 0 Å². The molecule has 0 saturated carbocycles. The van der Waals surface area contributed by atoms with Gasteiger partial charge in [-0.2, -0.15) is 0 Å². The van der Waals surface area contributed by atoms with Gasteiger partial charge in [0.15, 0.2) is 0 Å². The van der Waals surface area contributed by atoms with Crippen LogP contribution in [0.2, 0.25) is 0 Å². The molecule has 0 radical (unpaired) electrons. The molecule has 4 nitrogen and oxygen atoms in total. The molecule has 0 fully saturated rings. The highest BCUT2D eigenvalue weighted by molar-refractivity contribution is 5.92. The van der Waals surface area contributed by atoms with E-state index in [4.69, 9.17) is 4.74 Å². The van der Waals surface area contributed by atoms with Crippen LogP contribution in [0.25, 0.3) is 0 Å². The van der Waals surface area contributed by atoms with Gasteiger partial charge in [-0.05, 0) is 36.1 Å². The molecule has 4 heteroatoms. The first-order valence-corrected chi connectivity index (χ1v) is 7.03. The molecule has 1 amide bonds. The Hall–Kier alpha value is -1.39. The van der Waals surface area contributed by atoms with Crippen LogP contribution < -0.4 is 10.6 Å². The minimum atomic E-state index is -0.0223. The second-order valence-corrected chi connectivity index (χ2v) is 5.90. The molecule has 1 aromatic carbocycles. The van der Waals surface area contributed by atoms with Crippen molar-refractivity contribution in [1.82, 2.24) is 5.32 Å². The van der Waals surface area contributed by atoms with Crippen molar-refractivity contribution >= 4 is 11.6 Å². The molecule has 112 valence electrons. The Kier molecular flexibility index (Phi) is 6.68. The fourth-order valence-corrected chi connectivity index (χ4v) is 1.80. The highest BCUT2D eigenvalue weighted by atomic mass is 16.5. The normalized spacial score (nSPS) is 11.4. The minimum absolute atomic E-state index is 0.0223. The van der Waals surface area contributed by atoms with Crippen molar-refractivity contribution in [3.63, 3.8) is 0 Å².